The van der Waals surface area contributed by atoms with Crippen LogP contribution in [0.25, 0.3) is 11.3 Å². The summed E-state index contributed by atoms with van der Waals surface area (Å²) in [5.41, 5.74) is 4.05. The number of aryl methyl sites for hydroxylation is 2. The highest BCUT2D eigenvalue weighted by atomic mass is 32.1. The molecule has 1 aromatic heterocycles. The lowest BCUT2D eigenvalue weighted by molar-refractivity contribution is -0.137. The molecule has 0 unspecified atom stereocenters. The fourth-order valence-electron chi connectivity index (χ4n) is 3.36. The molecule has 0 atom stereocenters. The maximum atomic E-state index is 12.6. The Morgan fingerprint density at radius 2 is 1.69 bits per heavy atom. The molecule has 2 N–H and O–H groups in total. The highest BCUT2D eigenvalue weighted by Gasteiger charge is 2.30. The average Bonchev–Trinajstić information content (AvgIpc) is 3.15. The van der Waals surface area contributed by atoms with Gasteiger partial charge in [-0.05, 0) is 67.1 Å². The quantitative estimate of drug-likeness (QED) is 0.522. The second kappa shape index (κ2) is 7.87. The Balaban J connectivity index is 1.40. The van der Waals surface area contributed by atoms with E-state index >= 15 is 0 Å². The molecule has 1 aliphatic carbocycles. The molecule has 150 valence electrons. The number of rotatable bonds is 3. The minimum Gasteiger partial charge on any atom is -0.308 e. The molecular formula is C21H18F3N3OS. The summed E-state index contributed by atoms with van der Waals surface area (Å²) in [5, 5.41) is 7.42. The standard InChI is InChI=1S/C21H18F3N3OS/c22-21(23,24)16-7-9-17(10-8-16)25-19(28)27-20-26-18(12-29-20)15-6-5-13-3-1-2-4-14(13)11-15/h5-12H,1-4H2,(H2,25,26,27,28). The largest absolute Gasteiger partial charge is 0.416 e. The van der Waals surface area contributed by atoms with E-state index in [2.05, 4.69) is 27.8 Å². The van der Waals surface area contributed by atoms with Crippen LogP contribution in [0.3, 0.4) is 0 Å². The highest BCUT2D eigenvalue weighted by Crippen LogP contribution is 2.31. The van der Waals surface area contributed by atoms with Crippen LogP contribution < -0.4 is 10.6 Å². The van der Waals surface area contributed by atoms with Crippen molar-refractivity contribution < 1.29 is 18.0 Å². The van der Waals surface area contributed by atoms with Crippen molar-refractivity contribution in [1.82, 2.24) is 4.98 Å². The van der Waals surface area contributed by atoms with E-state index < -0.39 is 17.8 Å². The smallest absolute Gasteiger partial charge is 0.308 e. The Labute approximate surface area is 169 Å². The molecule has 2 amide bonds. The van der Waals surface area contributed by atoms with Crippen LogP contribution in [0.1, 0.15) is 29.5 Å². The van der Waals surface area contributed by atoms with Crippen molar-refractivity contribution in [2.45, 2.75) is 31.9 Å². The molecular weight excluding hydrogens is 399 g/mol. The molecule has 0 radical (unpaired) electrons. The van der Waals surface area contributed by atoms with Gasteiger partial charge in [-0.2, -0.15) is 13.2 Å². The number of alkyl halides is 3. The first kappa shape index (κ1) is 19.4. The van der Waals surface area contributed by atoms with E-state index in [-0.39, 0.29) is 5.69 Å². The number of benzene rings is 2. The molecule has 0 spiro atoms. The van der Waals surface area contributed by atoms with Crippen LogP contribution in [-0.2, 0) is 19.0 Å². The summed E-state index contributed by atoms with van der Waals surface area (Å²) in [6.45, 7) is 0. The highest BCUT2D eigenvalue weighted by molar-refractivity contribution is 7.14. The Bertz CT molecular complexity index is 1030. The van der Waals surface area contributed by atoms with E-state index in [9.17, 15) is 18.0 Å². The van der Waals surface area contributed by atoms with Crippen molar-refractivity contribution in [2.75, 3.05) is 10.6 Å². The third kappa shape index (κ3) is 4.59. The SMILES string of the molecule is O=C(Nc1ccc(C(F)(F)F)cc1)Nc1nc(-c2ccc3c(c2)CCCC3)cs1. The van der Waals surface area contributed by atoms with Gasteiger partial charge in [0.15, 0.2) is 5.13 Å². The summed E-state index contributed by atoms with van der Waals surface area (Å²) in [4.78, 5) is 16.6. The number of anilines is 2. The van der Waals surface area contributed by atoms with Crippen LogP contribution in [-0.4, -0.2) is 11.0 Å². The second-order valence-corrected chi connectivity index (χ2v) is 7.74. The van der Waals surface area contributed by atoms with Crippen molar-refractivity contribution in [1.29, 1.82) is 0 Å². The van der Waals surface area contributed by atoms with Gasteiger partial charge < -0.3 is 5.32 Å². The first-order valence-corrected chi connectivity index (χ1v) is 10.1. The molecule has 0 saturated carbocycles. The number of carbonyl (C=O) groups excluding carboxylic acids is 1. The van der Waals surface area contributed by atoms with Gasteiger partial charge in [0.1, 0.15) is 0 Å². The fourth-order valence-corrected chi connectivity index (χ4v) is 4.07. The molecule has 0 fully saturated rings. The number of aromatic nitrogens is 1. The maximum absolute atomic E-state index is 12.6. The molecule has 1 aliphatic rings. The lowest BCUT2D eigenvalue weighted by Crippen LogP contribution is -2.19. The Morgan fingerprint density at radius 1 is 0.966 bits per heavy atom. The van der Waals surface area contributed by atoms with Gasteiger partial charge in [0.2, 0.25) is 0 Å². The van der Waals surface area contributed by atoms with Crippen LogP contribution in [0, 0.1) is 0 Å². The first-order chi connectivity index (χ1) is 13.9. The zero-order valence-corrected chi connectivity index (χ0v) is 16.2. The number of hydrogen-bond donors (Lipinski definition) is 2. The minimum absolute atomic E-state index is 0.266. The third-order valence-corrected chi connectivity index (χ3v) is 5.60. The Morgan fingerprint density at radius 3 is 2.41 bits per heavy atom. The Hall–Kier alpha value is -2.87. The number of urea groups is 1. The summed E-state index contributed by atoms with van der Waals surface area (Å²) >= 11 is 1.29. The summed E-state index contributed by atoms with van der Waals surface area (Å²) in [7, 11) is 0. The zero-order chi connectivity index (χ0) is 20.4. The van der Waals surface area contributed by atoms with Gasteiger partial charge >= 0.3 is 12.2 Å². The number of carbonyl (C=O) groups is 1. The number of nitrogens with one attached hydrogen (secondary N) is 2. The number of halogens is 3. The van der Waals surface area contributed by atoms with E-state index in [4.69, 9.17) is 0 Å². The van der Waals surface area contributed by atoms with Gasteiger partial charge in [0.05, 0.1) is 11.3 Å². The predicted octanol–water partition coefficient (Wildman–Crippen LogP) is 6.35. The molecule has 4 nitrogen and oxygen atoms in total. The van der Waals surface area contributed by atoms with Crippen molar-refractivity contribution in [2.24, 2.45) is 0 Å². The summed E-state index contributed by atoms with van der Waals surface area (Å²) in [6.07, 6.45) is 0.210. The van der Waals surface area contributed by atoms with Gasteiger partial charge in [0, 0.05) is 16.6 Å². The Kier molecular flexibility index (Phi) is 5.27. The van der Waals surface area contributed by atoms with Crippen LogP contribution >= 0.6 is 11.3 Å². The summed E-state index contributed by atoms with van der Waals surface area (Å²) in [6, 6.07) is 10.1. The van der Waals surface area contributed by atoms with Crippen molar-refractivity contribution in [3.63, 3.8) is 0 Å². The van der Waals surface area contributed by atoms with Crippen molar-refractivity contribution in [3.05, 3.63) is 64.5 Å². The number of fused-ring (bicyclic) bond motifs is 1. The van der Waals surface area contributed by atoms with Gasteiger partial charge in [-0.3, -0.25) is 5.32 Å². The number of nitrogens with zero attached hydrogens (tertiary/aromatic N) is 1. The number of thiazole rings is 1. The van der Waals surface area contributed by atoms with E-state index in [1.165, 1.54) is 47.4 Å². The maximum Gasteiger partial charge on any atom is 0.416 e. The van der Waals surface area contributed by atoms with E-state index in [1.807, 2.05) is 11.4 Å². The topological polar surface area (TPSA) is 54.0 Å². The van der Waals surface area contributed by atoms with Crippen LogP contribution in [0.2, 0.25) is 0 Å². The molecule has 0 aliphatic heterocycles. The van der Waals surface area contributed by atoms with Gasteiger partial charge in [0.25, 0.3) is 0 Å². The van der Waals surface area contributed by atoms with Crippen molar-refractivity contribution >= 4 is 28.2 Å². The van der Waals surface area contributed by atoms with Gasteiger partial charge in [-0.1, -0.05) is 12.1 Å². The minimum atomic E-state index is -4.41. The monoisotopic (exact) mass is 417 g/mol. The number of hydrogen-bond acceptors (Lipinski definition) is 3. The second-order valence-electron chi connectivity index (χ2n) is 6.88. The number of amides is 2. The van der Waals surface area contributed by atoms with Crippen LogP contribution in [0.5, 0.6) is 0 Å². The lowest BCUT2D eigenvalue weighted by Gasteiger charge is -2.16. The molecule has 2 aromatic carbocycles. The van der Waals surface area contributed by atoms with Gasteiger partial charge in [-0.15, -0.1) is 11.3 Å². The normalized spacial score (nSPS) is 13.6. The molecule has 0 saturated heterocycles. The molecule has 1 heterocycles. The summed E-state index contributed by atoms with van der Waals surface area (Å²) in [5.74, 6) is 0. The van der Waals surface area contributed by atoms with E-state index in [0.717, 1.165) is 36.2 Å². The average molecular weight is 417 g/mol. The fraction of sp³-hybridized carbons (Fsp3) is 0.238. The van der Waals surface area contributed by atoms with Gasteiger partial charge in [-0.25, -0.2) is 9.78 Å². The molecule has 3 aromatic rings. The van der Waals surface area contributed by atoms with Crippen molar-refractivity contribution in [3.8, 4) is 11.3 Å². The van der Waals surface area contributed by atoms with Crippen LogP contribution in [0.4, 0.5) is 28.8 Å². The zero-order valence-electron chi connectivity index (χ0n) is 15.3. The lowest BCUT2D eigenvalue weighted by atomic mass is 9.90. The predicted molar refractivity (Wildman–Crippen MR) is 108 cm³/mol. The van der Waals surface area contributed by atoms with E-state index in [1.54, 1.807) is 0 Å². The molecule has 8 heteroatoms. The van der Waals surface area contributed by atoms with Crippen LogP contribution in [0.15, 0.2) is 47.8 Å². The first-order valence-electron chi connectivity index (χ1n) is 9.21. The molecule has 4 rings (SSSR count). The summed E-state index contributed by atoms with van der Waals surface area (Å²) < 4.78 is 37.8. The van der Waals surface area contributed by atoms with E-state index in [0.29, 0.717) is 5.13 Å². The third-order valence-electron chi connectivity index (χ3n) is 4.84. The molecule has 29 heavy (non-hydrogen) atoms. The molecule has 0 bridgehead atoms.